The molecule has 4 heteroatoms. The second-order valence-corrected chi connectivity index (χ2v) is 5.84. The summed E-state index contributed by atoms with van der Waals surface area (Å²) in [5.74, 6) is 0.115. The number of hydrogen-bond donors (Lipinski definition) is 1. The van der Waals surface area contributed by atoms with Crippen LogP contribution in [0.2, 0.25) is 0 Å². The molecule has 1 heterocycles. The van der Waals surface area contributed by atoms with Crippen LogP contribution in [-0.2, 0) is 22.7 Å². The van der Waals surface area contributed by atoms with Crippen LogP contribution >= 0.6 is 0 Å². The Bertz CT molecular complexity index is 445. The summed E-state index contributed by atoms with van der Waals surface area (Å²) < 4.78 is 5.09. The number of carbonyl (C=O) groups is 1. The summed E-state index contributed by atoms with van der Waals surface area (Å²) in [6.07, 6.45) is 3.69. The van der Waals surface area contributed by atoms with Gasteiger partial charge in [-0.15, -0.1) is 0 Å². The smallest absolute Gasteiger partial charge is 0.234 e. The van der Waals surface area contributed by atoms with E-state index in [1.807, 2.05) is 24.3 Å². The standard InChI is InChI=1S/C17H26N2O2/c1-14-5-3-4-10-19(14)12-17(20)18-11-15-6-8-16(9-7-15)13-21-2/h6-9,14H,3-5,10-13H2,1-2H3,(H,18,20). The lowest BCUT2D eigenvalue weighted by molar-refractivity contribution is -0.123. The molecule has 1 fully saturated rings. The highest BCUT2D eigenvalue weighted by Gasteiger charge is 2.20. The number of benzene rings is 1. The molecule has 1 unspecified atom stereocenters. The molecule has 1 amide bonds. The number of amides is 1. The Balaban J connectivity index is 1.75. The lowest BCUT2D eigenvalue weighted by Gasteiger charge is -2.32. The van der Waals surface area contributed by atoms with Gasteiger partial charge in [-0.25, -0.2) is 0 Å². The van der Waals surface area contributed by atoms with Gasteiger partial charge in [0.1, 0.15) is 0 Å². The second-order valence-electron chi connectivity index (χ2n) is 5.84. The second kappa shape index (κ2) is 8.15. The maximum absolute atomic E-state index is 12.0. The zero-order valence-electron chi connectivity index (χ0n) is 13.1. The number of carbonyl (C=O) groups excluding carboxylic acids is 1. The van der Waals surface area contributed by atoms with Gasteiger partial charge < -0.3 is 10.1 Å². The van der Waals surface area contributed by atoms with E-state index in [1.54, 1.807) is 7.11 Å². The number of hydrogen-bond acceptors (Lipinski definition) is 3. The summed E-state index contributed by atoms with van der Waals surface area (Å²) in [6.45, 7) is 4.98. The van der Waals surface area contributed by atoms with Gasteiger partial charge in [0.15, 0.2) is 0 Å². The SMILES string of the molecule is COCc1ccc(CNC(=O)CN2CCCCC2C)cc1. The highest BCUT2D eigenvalue weighted by atomic mass is 16.5. The molecule has 1 aromatic rings. The van der Waals surface area contributed by atoms with E-state index < -0.39 is 0 Å². The van der Waals surface area contributed by atoms with Crippen LogP contribution in [0.3, 0.4) is 0 Å². The molecule has 1 aliphatic heterocycles. The molecule has 1 saturated heterocycles. The van der Waals surface area contributed by atoms with Gasteiger partial charge in [-0.05, 0) is 37.4 Å². The molecule has 116 valence electrons. The zero-order chi connectivity index (χ0) is 15.1. The number of nitrogens with zero attached hydrogens (tertiary/aromatic N) is 1. The Hall–Kier alpha value is -1.39. The predicted molar refractivity (Wildman–Crippen MR) is 83.9 cm³/mol. The first kappa shape index (κ1) is 16.0. The monoisotopic (exact) mass is 290 g/mol. The highest BCUT2D eigenvalue weighted by Crippen LogP contribution is 2.15. The number of rotatable bonds is 6. The average molecular weight is 290 g/mol. The molecule has 0 saturated carbocycles. The Morgan fingerprint density at radius 2 is 2.00 bits per heavy atom. The Morgan fingerprint density at radius 1 is 1.29 bits per heavy atom. The fraction of sp³-hybridized carbons (Fsp3) is 0.588. The van der Waals surface area contributed by atoms with Crippen molar-refractivity contribution in [2.75, 3.05) is 20.2 Å². The first-order valence-electron chi connectivity index (χ1n) is 7.76. The molecule has 0 spiro atoms. The van der Waals surface area contributed by atoms with E-state index in [4.69, 9.17) is 4.74 Å². The molecule has 4 nitrogen and oxygen atoms in total. The molecule has 0 bridgehead atoms. The third-order valence-electron chi connectivity index (χ3n) is 4.11. The van der Waals surface area contributed by atoms with Gasteiger partial charge in [0.2, 0.25) is 5.91 Å². The van der Waals surface area contributed by atoms with Gasteiger partial charge in [0.05, 0.1) is 13.2 Å². The van der Waals surface area contributed by atoms with Gasteiger partial charge in [-0.2, -0.15) is 0 Å². The van der Waals surface area contributed by atoms with Crippen LogP contribution in [0.5, 0.6) is 0 Å². The van der Waals surface area contributed by atoms with Crippen molar-refractivity contribution in [3.05, 3.63) is 35.4 Å². The fourth-order valence-corrected chi connectivity index (χ4v) is 2.75. The van der Waals surface area contributed by atoms with E-state index in [2.05, 4.69) is 17.1 Å². The lowest BCUT2D eigenvalue weighted by atomic mass is 10.0. The number of ether oxygens (including phenoxy) is 1. The van der Waals surface area contributed by atoms with Crippen LogP contribution in [0, 0.1) is 0 Å². The van der Waals surface area contributed by atoms with Crippen molar-refractivity contribution in [3.63, 3.8) is 0 Å². The molecule has 1 atom stereocenters. The van der Waals surface area contributed by atoms with Gasteiger partial charge >= 0.3 is 0 Å². The molecule has 21 heavy (non-hydrogen) atoms. The van der Waals surface area contributed by atoms with Crippen molar-refractivity contribution in [1.82, 2.24) is 10.2 Å². The van der Waals surface area contributed by atoms with E-state index in [1.165, 1.54) is 19.3 Å². The first-order chi connectivity index (χ1) is 10.2. The highest BCUT2D eigenvalue weighted by molar-refractivity contribution is 5.78. The quantitative estimate of drug-likeness (QED) is 0.874. The molecule has 1 N–H and O–H groups in total. The van der Waals surface area contributed by atoms with Crippen molar-refractivity contribution >= 4 is 5.91 Å². The van der Waals surface area contributed by atoms with Crippen LogP contribution in [0.15, 0.2) is 24.3 Å². The molecular weight excluding hydrogens is 264 g/mol. The average Bonchev–Trinajstić information content (AvgIpc) is 2.49. The van der Waals surface area contributed by atoms with E-state index in [9.17, 15) is 4.79 Å². The third-order valence-corrected chi connectivity index (χ3v) is 4.11. The van der Waals surface area contributed by atoms with Crippen LogP contribution in [0.1, 0.15) is 37.3 Å². The van der Waals surface area contributed by atoms with Crippen molar-refractivity contribution in [2.45, 2.75) is 45.4 Å². The summed E-state index contributed by atoms with van der Waals surface area (Å²) in [4.78, 5) is 14.3. The van der Waals surface area contributed by atoms with Crippen molar-refractivity contribution in [1.29, 1.82) is 0 Å². The summed E-state index contributed by atoms with van der Waals surface area (Å²) in [6, 6.07) is 8.68. The normalized spacial score (nSPS) is 19.4. The number of methoxy groups -OCH3 is 1. The Morgan fingerprint density at radius 3 is 2.67 bits per heavy atom. The molecule has 0 aliphatic carbocycles. The van der Waals surface area contributed by atoms with Crippen LogP contribution in [0.25, 0.3) is 0 Å². The van der Waals surface area contributed by atoms with E-state index in [0.717, 1.165) is 17.7 Å². The molecular formula is C17H26N2O2. The molecule has 2 rings (SSSR count). The first-order valence-corrected chi connectivity index (χ1v) is 7.76. The fourth-order valence-electron chi connectivity index (χ4n) is 2.75. The minimum absolute atomic E-state index is 0.115. The van der Waals surface area contributed by atoms with Crippen LogP contribution in [0.4, 0.5) is 0 Å². The number of likely N-dealkylation sites (tertiary alicyclic amines) is 1. The maximum Gasteiger partial charge on any atom is 0.234 e. The predicted octanol–water partition coefficient (Wildman–Crippen LogP) is 2.32. The Kier molecular flexibility index (Phi) is 6.21. The number of piperidine rings is 1. The van der Waals surface area contributed by atoms with Crippen molar-refractivity contribution in [2.24, 2.45) is 0 Å². The van der Waals surface area contributed by atoms with Gasteiger partial charge in [-0.1, -0.05) is 30.7 Å². The largest absolute Gasteiger partial charge is 0.380 e. The summed E-state index contributed by atoms with van der Waals surface area (Å²) in [7, 11) is 1.69. The van der Waals surface area contributed by atoms with E-state index >= 15 is 0 Å². The Labute approximate surface area is 127 Å². The van der Waals surface area contributed by atoms with Crippen LogP contribution < -0.4 is 5.32 Å². The van der Waals surface area contributed by atoms with Crippen LogP contribution in [-0.4, -0.2) is 37.0 Å². The number of nitrogens with one attached hydrogen (secondary N) is 1. The minimum atomic E-state index is 0.115. The van der Waals surface area contributed by atoms with Crippen molar-refractivity contribution < 1.29 is 9.53 Å². The zero-order valence-corrected chi connectivity index (χ0v) is 13.1. The molecule has 0 radical (unpaired) electrons. The minimum Gasteiger partial charge on any atom is -0.380 e. The molecule has 1 aliphatic rings. The third kappa shape index (κ3) is 5.14. The summed E-state index contributed by atoms with van der Waals surface area (Å²) >= 11 is 0. The lowest BCUT2D eigenvalue weighted by Crippen LogP contribution is -2.44. The van der Waals surface area contributed by atoms with E-state index in [0.29, 0.717) is 25.7 Å². The molecule has 0 aromatic heterocycles. The summed E-state index contributed by atoms with van der Waals surface area (Å²) in [5, 5.41) is 3.01. The van der Waals surface area contributed by atoms with Gasteiger partial charge in [0.25, 0.3) is 0 Å². The van der Waals surface area contributed by atoms with Crippen molar-refractivity contribution in [3.8, 4) is 0 Å². The van der Waals surface area contributed by atoms with E-state index in [-0.39, 0.29) is 5.91 Å². The topological polar surface area (TPSA) is 41.6 Å². The van der Waals surface area contributed by atoms with Gasteiger partial charge in [-0.3, -0.25) is 9.69 Å². The molecule has 1 aromatic carbocycles. The maximum atomic E-state index is 12.0. The van der Waals surface area contributed by atoms with Gasteiger partial charge in [0, 0.05) is 19.7 Å². The summed E-state index contributed by atoms with van der Waals surface area (Å²) in [5.41, 5.74) is 2.27.